The van der Waals surface area contributed by atoms with Gasteiger partial charge in [-0.3, -0.25) is 0 Å². The molecule has 1 N–H and O–H groups in total. The average Bonchev–Trinajstić information content (AvgIpc) is 2.92. The smallest absolute Gasteiger partial charge is 0.354 e. The predicted octanol–water partition coefficient (Wildman–Crippen LogP) is 1.97. The number of nitrogens with zero attached hydrogens (tertiary/aromatic N) is 1. The van der Waals surface area contributed by atoms with Gasteiger partial charge in [0.05, 0.1) is 6.10 Å². The minimum absolute atomic E-state index is 0.0712. The zero-order valence-electron chi connectivity index (χ0n) is 7.24. The number of ether oxygens (including phenoxy) is 1. The van der Waals surface area contributed by atoms with Gasteiger partial charge in [-0.2, -0.15) is 0 Å². The number of aromatic nitrogens is 1. The van der Waals surface area contributed by atoms with E-state index in [0.29, 0.717) is 5.75 Å². The van der Waals surface area contributed by atoms with Crippen molar-refractivity contribution in [1.29, 1.82) is 0 Å². The van der Waals surface area contributed by atoms with Gasteiger partial charge in [0.25, 0.3) is 0 Å². The normalized spacial score (nSPS) is 15.2. The molecule has 0 spiro atoms. The number of hydrogen-bond donors (Lipinski definition) is 1. The Morgan fingerprint density at radius 2 is 2.29 bits per heavy atom. The fourth-order valence-electron chi connectivity index (χ4n) is 0.994. The number of halogens is 1. The van der Waals surface area contributed by atoms with Crippen LogP contribution in [0.3, 0.4) is 0 Å². The van der Waals surface area contributed by atoms with Crippen molar-refractivity contribution in [3.8, 4) is 5.75 Å². The summed E-state index contributed by atoms with van der Waals surface area (Å²) in [5.74, 6) is -0.635. The zero-order chi connectivity index (χ0) is 10.1. The molecule has 0 amide bonds. The van der Waals surface area contributed by atoms with Gasteiger partial charge in [-0.05, 0) is 25.0 Å². The third kappa shape index (κ3) is 1.96. The molecule has 0 saturated heterocycles. The molecule has 1 aliphatic rings. The van der Waals surface area contributed by atoms with Gasteiger partial charge < -0.3 is 9.84 Å². The number of carboxylic acid groups (broad SMARTS) is 1. The van der Waals surface area contributed by atoms with Crippen molar-refractivity contribution in [3.05, 3.63) is 23.0 Å². The van der Waals surface area contributed by atoms with Crippen molar-refractivity contribution in [2.75, 3.05) is 0 Å². The monoisotopic (exact) mass is 213 g/mol. The summed E-state index contributed by atoms with van der Waals surface area (Å²) in [4.78, 5) is 14.2. The maximum Gasteiger partial charge on any atom is 0.354 e. The molecule has 14 heavy (non-hydrogen) atoms. The molecule has 0 radical (unpaired) electrons. The Kier molecular flexibility index (Phi) is 2.29. The number of hydrogen-bond acceptors (Lipinski definition) is 3. The summed E-state index contributed by atoms with van der Waals surface area (Å²) in [7, 11) is 0. The third-order valence-corrected chi connectivity index (χ3v) is 2.12. The van der Waals surface area contributed by atoms with E-state index in [4.69, 9.17) is 21.4 Å². The molecule has 1 aromatic rings. The Morgan fingerprint density at radius 1 is 1.57 bits per heavy atom. The molecule has 0 aromatic carbocycles. The van der Waals surface area contributed by atoms with Gasteiger partial charge in [0.2, 0.25) is 0 Å². The molecule has 1 aromatic heterocycles. The molecule has 1 fully saturated rings. The number of rotatable bonds is 3. The average molecular weight is 214 g/mol. The van der Waals surface area contributed by atoms with E-state index in [9.17, 15) is 4.79 Å². The second-order valence-electron chi connectivity index (χ2n) is 3.11. The van der Waals surface area contributed by atoms with E-state index < -0.39 is 5.97 Å². The highest BCUT2D eigenvalue weighted by atomic mass is 35.5. The molecule has 4 nitrogen and oxygen atoms in total. The maximum atomic E-state index is 10.5. The zero-order valence-corrected chi connectivity index (χ0v) is 7.99. The SMILES string of the molecule is O=C(O)c1ccc(OC2CC2)c(Cl)n1. The van der Waals surface area contributed by atoms with Crippen LogP contribution in [0.1, 0.15) is 23.3 Å². The van der Waals surface area contributed by atoms with E-state index in [1.807, 2.05) is 0 Å². The van der Waals surface area contributed by atoms with Crippen LogP contribution in [0, 0.1) is 0 Å². The van der Waals surface area contributed by atoms with Gasteiger partial charge in [0, 0.05) is 0 Å². The second kappa shape index (κ2) is 3.46. The molecule has 0 atom stereocenters. The van der Waals surface area contributed by atoms with Crippen LogP contribution in [-0.2, 0) is 0 Å². The molecule has 1 aliphatic carbocycles. The molecule has 5 heteroatoms. The Bertz CT molecular complexity index is 376. The molecule has 1 heterocycles. The standard InChI is InChI=1S/C9H8ClNO3/c10-8-7(14-5-1-2-5)4-3-6(11-8)9(12)13/h3-5H,1-2H2,(H,12,13). The fraction of sp³-hybridized carbons (Fsp3) is 0.333. The Labute approximate surface area is 85.5 Å². The van der Waals surface area contributed by atoms with Crippen LogP contribution < -0.4 is 4.74 Å². The number of carboxylic acids is 1. The van der Waals surface area contributed by atoms with Crippen LogP contribution in [0.4, 0.5) is 0 Å². The Balaban J connectivity index is 2.21. The summed E-state index contributed by atoms with van der Waals surface area (Å²) in [6.45, 7) is 0. The van der Waals surface area contributed by atoms with Gasteiger partial charge in [-0.1, -0.05) is 11.6 Å². The van der Waals surface area contributed by atoms with Crippen LogP contribution >= 0.6 is 11.6 Å². The molecule has 74 valence electrons. The number of pyridine rings is 1. The predicted molar refractivity (Wildman–Crippen MR) is 49.9 cm³/mol. The first-order valence-corrected chi connectivity index (χ1v) is 4.61. The van der Waals surface area contributed by atoms with Crippen LogP contribution in [0.25, 0.3) is 0 Å². The molecular weight excluding hydrogens is 206 g/mol. The first-order valence-electron chi connectivity index (χ1n) is 4.23. The Hall–Kier alpha value is -1.29. The molecule has 0 unspecified atom stereocenters. The van der Waals surface area contributed by atoms with Crippen LogP contribution in [0.5, 0.6) is 5.75 Å². The van der Waals surface area contributed by atoms with E-state index in [0.717, 1.165) is 12.8 Å². The summed E-state index contributed by atoms with van der Waals surface area (Å²) in [5.41, 5.74) is -0.0712. The van der Waals surface area contributed by atoms with E-state index in [2.05, 4.69) is 4.98 Å². The van der Waals surface area contributed by atoms with Crippen LogP contribution in [-0.4, -0.2) is 22.2 Å². The third-order valence-electron chi connectivity index (χ3n) is 1.85. The summed E-state index contributed by atoms with van der Waals surface area (Å²) in [5, 5.41) is 8.74. The lowest BCUT2D eigenvalue weighted by Gasteiger charge is -2.05. The van der Waals surface area contributed by atoms with Crippen molar-refractivity contribution in [3.63, 3.8) is 0 Å². The van der Waals surface area contributed by atoms with Crippen molar-refractivity contribution >= 4 is 17.6 Å². The summed E-state index contributed by atoms with van der Waals surface area (Å²) >= 11 is 5.75. The van der Waals surface area contributed by atoms with E-state index in [1.54, 1.807) is 0 Å². The molecular formula is C9H8ClNO3. The van der Waals surface area contributed by atoms with Crippen molar-refractivity contribution in [1.82, 2.24) is 4.98 Å². The quantitative estimate of drug-likeness (QED) is 0.780. The summed E-state index contributed by atoms with van der Waals surface area (Å²) in [6.07, 6.45) is 2.28. The van der Waals surface area contributed by atoms with E-state index in [1.165, 1.54) is 12.1 Å². The summed E-state index contributed by atoms with van der Waals surface area (Å²) in [6, 6.07) is 2.92. The van der Waals surface area contributed by atoms with Crippen molar-refractivity contribution < 1.29 is 14.6 Å². The lowest BCUT2D eigenvalue weighted by molar-refractivity contribution is 0.0690. The van der Waals surface area contributed by atoms with E-state index >= 15 is 0 Å². The first-order chi connectivity index (χ1) is 6.66. The van der Waals surface area contributed by atoms with Gasteiger partial charge in [0.1, 0.15) is 5.69 Å². The molecule has 1 saturated carbocycles. The number of carbonyl (C=O) groups is 1. The Morgan fingerprint density at radius 3 is 2.79 bits per heavy atom. The highest BCUT2D eigenvalue weighted by molar-refractivity contribution is 6.31. The lowest BCUT2D eigenvalue weighted by Crippen LogP contribution is -2.03. The highest BCUT2D eigenvalue weighted by Gasteiger charge is 2.24. The van der Waals surface area contributed by atoms with Gasteiger partial charge in [-0.15, -0.1) is 0 Å². The van der Waals surface area contributed by atoms with Gasteiger partial charge in [0.15, 0.2) is 10.9 Å². The first kappa shape index (κ1) is 9.27. The topological polar surface area (TPSA) is 59.4 Å². The minimum atomic E-state index is -1.09. The molecule has 0 aliphatic heterocycles. The second-order valence-corrected chi connectivity index (χ2v) is 3.47. The largest absolute Gasteiger partial charge is 0.487 e. The molecule has 2 rings (SSSR count). The number of aromatic carboxylic acids is 1. The van der Waals surface area contributed by atoms with Crippen LogP contribution in [0.2, 0.25) is 5.15 Å². The maximum absolute atomic E-state index is 10.5. The highest BCUT2D eigenvalue weighted by Crippen LogP contribution is 2.30. The summed E-state index contributed by atoms with van der Waals surface area (Å²) < 4.78 is 5.40. The van der Waals surface area contributed by atoms with Crippen molar-refractivity contribution in [2.24, 2.45) is 0 Å². The fourth-order valence-corrected chi connectivity index (χ4v) is 1.19. The van der Waals surface area contributed by atoms with E-state index in [-0.39, 0.29) is 17.0 Å². The van der Waals surface area contributed by atoms with Gasteiger partial charge in [-0.25, -0.2) is 9.78 Å². The van der Waals surface area contributed by atoms with Crippen LogP contribution in [0.15, 0.2) is 12.1 Å². The van der Waals surface area contributed by atoms with Crippen molar-refractivity contribution in [2.45, 2.75) is 18.9 Å². The minimum Gasteiger partial charge on any atom is -0.487 e. The van der Waals surface area contributed by atoms with Gasteiger partial charge >= 0.3 is 5.97 Å². The molecule has 0 bridgehead atoms. The lowest BCUT2D eigenvalue weighted by atomic mass is 10.3.